The molecule has 0 saturated heterocycles. The Morgan fingerprint density at radius 3 is 2.57 bits per heavy atom. The average molecular weight is 288 g/mol. The Morgan fingerprint density at radius 1 is 1.14 bits per heavy atom. The van der Waals surface area contributed by atoms with Crippen LogP contribution in [-0.2, 0) is 0 Å². The SMILES string of the molecule is C=CCCCCCC1(F)C=CC(c2ccccc2)=C(F)C1. The summed E-state index contributed by atoms with van der Waals surface area (Å²) in [7, 11) is 0. The van der Waals surface area contributed by atoms with Crippen molar-refractivity contribution in [3.63, 3.8) is 0 Å². The van der Waals surface area contributed by atoms with Gasteiger partial charge < -0.3 is 0 Å². The summed E-state index contributed by atoms with van der Waals surface area (Å²) in [6.07, 6.45) is 8.97. The molecule has 0 nitrogen and oxygen atoms in total. The van der Waals surface area contributed by atoms with Crippen molar-refractivity contribution in [3.8, 4) is 0 Å². The quantitative estimate of drug-likeness (QED) is 0.415. The molecule has 2 rings (SSSR count). The van der Waals surface area contributed by atoms with E-state index >= 15 is 0 Å². The number of benzene rings is 1. The van der Waals surface area contributed by atoms with E-state index in [9.17, 15) is 8.78 Å². The molecule has 0 bridgehead atoms. The molecular formula is C19H22F2. The molecule has 112 valence electrons. The molecule has 0 aliphatic heterocycles. The van der Waals surface area contributed by atoms with Crippen LogP contribution < -0.4 is 0 Å². The first kappa shape index (κ1) is 15.7. The van der Waals surface area contributed by atoms with Gasteiger partial charge in [-0.15, -0.1) is 6.58 Å². The number of unbranched alkanes of at least 4 members (excludes halogenated alkanes) is 3. The van der Waals surface area contributed by atoms with Crippen molar-refractivity contribution in [2.75, 3.05) is 0 Å². The highest BCUT2D eigenvalue weighted by atomic mass is 19.1. The fourth-order valence-electron chi connectivity index (χ4n) is 2.66. The van der Waals surface area contributed by atoms with E-state index in [4.69, 9.17) is 0 Å². The van der Waals surface area contributed by atoms with Crippen LogP contribution in [0, 0.1) is 0 Å². The fourth-order valence-corrected chi connectivity index (χ4v) is 2.66. The summed E-state index contributed by atoms with van der Waals surface area (Å²) in [5.74, 6) is -0.350. The van der Waals surface area contributed by atoms with E-state index in [-0.39, 0.29) is 12.2 Å². The monoisotopic (exact) mass is 288 g/mol. The summed E-state index contributed by atoms with van der Waals surface area (Å²) >= 11 is 0. The zero-order valence-electron chi connectivity index (χ0n) is 12.3. The first-order chi connectivity index (χ1) is 10.1. The molecule has 1 aromatic carbocycles. The van der Waals surface area contributed by atoms with Gasteiger partial charge >= 0.3 is 0 Å². The fraction of sp³-hybridized carbons (Fsp3) is 0.368. The molecule has 1 aliphatic rings. The van der Waals surface area contributed by atoms with Crippen molar-refractivity contribution in [2.24, 2.45) is 0 Å². The lowest BCUT2D eigenvalue weighted by Gasteiger charge is -2.25. The predicted octanol–water partition coefficient (Wildman–Crippen LogP) is 6.17. The van der Waals surface area contributed by atoms with Crippen LogP contribution >= 0.6 is 0 Å². The molecule has 0 fully saturated rings. The normalized spacial score (nSPS) is 21.6. The molecule has 1 atom stereocenters. The third-order valence-corrected chi connectivity index (χ3v) is 3.88. The van der Waals surface area contributed by atoms with Crippen LogP contribution in [0.1, 0.15) is 44.1 Å². The molecule has 2 heteroatoms. The number of rotatable bonds is 7. The van der Waals surface area contributed by atoms with Crippen molar-refractivity contribution >= 4 is 5.57 Å². The zero-order chi connectivity index (χ0) is 15.1. The van der Waals surface area contributed by atoms with Gasteiger partial charge in [0.15, 0.2) is 0 Å². The lowest BCUT2D eigenvalue weighted by molar-refractivity contribution is 0.194. The summed E-state index contributed by atoms with van der Waals surface area (Å²) in [6.45, 7) is 3.67. The minimum atomic E-state index is -1.53. The van der Waals surface area contributed by atoms with E-state index in [1.807, 2.05) is 36.4 Å². The second-order valence-electron chi connectivity index (χ2n) is 5.62. The molecule has 0 spiro atoms. The Morgan fingerprint density at radius 2 is 1.90 bits per heavy atom. The van der Waals surface area contributed by atoms with Crippen LogP contribution in [0.5, 0.6) is 0 Å². The Hall–Kier alpha value is -1.70. The highest BCUT2D eigenvalue weighted by Gasteiger charge is 2.31. The highest BCUT2D eigenvalue weighted by molar-refractivity contribution is 5.77. The van der Waals surface area contributed by atoms with E-state index in [1.165, 1.54) is 6.08 Å². The lowest BCUT2D eigenvalue weighted by atomic mass is 9.86. The van der Waals surface area contributed by atoms with E-state index in [2.05, 4.69) is 6.58 Å². The number of hydrogen-bond donors (Lipinski definition) is 0. The molecule has 0 radical (unpaired) electrons. The maximum atomic E-state index is 14.6. The van der Waals surface area contributed by atoms with E-state index < -0.39 is 5.67 Å². The highest BCUT2D eigenvalue weighted by Crippen LogP contribution is 2.38. The summed E-state index contributed by atoms with van der Waals surface area (Å²) in [6, 6.07) is 9.30. The predicted molar refractivity (Wildman–Crippen MR) is 85.3 cm³/mol. The third-order valence-electron chi connectivity index (χ3n) is 3.88. The van der Waals surface area contributed by atoms with Gasteiger partial charge in [0.2, 0.25) is 0 Å². The maximum absolute atomic E-state index is 14.6. The molecule has 21 heavy (non-hydrogen) atoms. The molecular weight excluding hydrogens is 266 g/mol. The second kappa shape index (κ2) is 7.35. The van der Waals surface area contributed by atoms with Crippen molar-refractivity contribution in [1.82, 2.24) is 0 Å². The van der Waals surface area contributed by atoms with Crippen molar-refractivity contribution in [1.29, 1.82) is 0 Å². The van der Waals surface area contributed by atoms with E-state index in [1.54, 1.807) is 6.08 Å². The van der Waals surface area contributed by atoms with Gasteiger partial charge in [-0.25, -0.2) is 8.78 Å². The lowest BCUT2D eigenvalue weighted by Crippen LogP contribution is -2.22. The van der Waals surface area contributed by atoms with Gasteiger partial charge in [-0.1, -0.05) is 48.9 Å². The Balaban J connectivity index is 1.95. The van der Waals surface area contributed by atoms with Crippen LogP contribution in [0.25, 0.3) is 5.57 Å². The Kier molecular flexibility index (Phi) is 5.49. The van der Waals surface area contributed by atoms with Gasteiger partial charge in [0.25, 0.3) is 0 Å². The topological polar surface area (TPSA) is 0 Å². The largest absolute Gasteiger partial charge is 0.239 e. The number of halogens is 2. The first-order valence-electron chi connectivity index (χ1n) is 7.58. The van der Waals surface area contributed by atoms with Gasteiger partial charge in [0.1, 0.15) is 11.5 Å². The van der Waals surface area contributed by atoms with Gasteiger partial charge in [0, 0.05) is 12.0 Å². The minimum absolute atomic E-state index is 0.144. The smallest absolute Gasteiger partial charge is 0.135 e. The van der Waals surface area contributed by atoms with Crippen LogP contribution in [-0.4, -0.2) is 5.67 Å². The van der Waals surface area contributed by atoms with Crippen LogP contribution in [0.15, 0.2) is 61.0 Å². The van der Waals surface area contributed by atoms with Gasteiger partial charge in [-0.3, -0.25) is 0 Å². The van der Waals surface area contributed by atoms with Crippen molar-refractivity contribution in [2.45, 2.75) is 44.2 Å². The molecule has 1 unspecified atom stereocenters. The molecule has 1 aromatic rings. The Bertz CT molecular complexity index is 528. The summed E-state index contributed by atoms with van der Waals surface area (Å²) in [5.41, 5.74) is -0.217. The number of allylic oxidation sites excluding steroid dienone is 5. The molecule has 1 aliphatic carbocycles. The third kappa shape index (κ3) is 4.38. The van der Waals surface area contributed by atoms with Gasteiger partial charge in [-0.05, 0) is 37.3 Å². The minimum Gasteiger partial charge on any atom is -0.239 e. The van der Waals surface area contributed by atoms with Crippen LogP contribution in [0.2, 0.25) is 0 Å². The van der Waals surface area contributed by atoms with E-state index in [0.29, 0.717) is 12.0 Å². The van der Waals surface area contributed by atoms with Gasteiger partial charge in [-0.2, -0.15) is 0 Å². The van der Waals surface area contributed by atoms with Crippen LogP contribution in [0.4, 0.5) is 8.78 Å². The standard InChI is InChI=1S/C19H22F2/c1-2-3-4-5-9-13-19(21)14-12-17(18(20)15-19)16-10-7-6-8-11-16/h2,6-8,10-12,14H,1,3-5,9,13,15H2. The van der Waals surface area contributed by atoms with Crippen LogP contribution in [0.3, 0.4) is 0 Å². The zero-order valence-corrected chi connectivity index (χ0v) is 12.3. The van der Waals surface area contributed by atoms with E-state index in [0.717, 1.165) is 31.2 Å². The first-order valence-corrected chi connectivity index (χ1v) is 7.58. The Labute approximate surface area is 125 Å². The maximum Gasteiger partial charge on any atom is 0.135 e. The summed E-state index contributed by atoms with van der Waals surface area (Å²) in [5, 5.41) is 0. The molecule has 0 amide bonds. The molecule has 0 heterocycles. The molecule has 0 aromatic heterocycles. The van der Waals surface area contributed by atoms with Crippen molar-refractivity contribution < 1.29 is 8.78 Å². The second-order valence-corrected chi connectivity index (χ2v) is 5.62. The average Bonchev–Trinajstić information content (AvgIpc) is 2.48. The summed E-state index contributed by atoms with van der Waals surface area (Å²) in [4.78, 5) is 0. The van der Waals surface area contributed by atoms with Crippen molar-refractivity contribution in [3.05, 3.63) is 66.5 Å². The molecule has 0 N–H and O–H groups in total. The number of hydrogen-bond acceptors (Lipinski definition) is 0. The van der Waals surface area contributed by atoms with Gasteiger partial charge in [0.05, 0.1) is 0 Å². The number of alkyl halides is 1. The molecule has 0 saturated carbocycles. The summed E-state index contributed by atoms with van der Waals surface area (Å²) < 4.78 is 28.9.